The van der Waals surface area contributed by atoms with Gasteiger partial charge >= 0.3 is 6.18 Å². The highest BCUT2D eigenvalue weighted by Gasteiger charge is 2.38. The van der Waals surface area contributed by atoms with Crippen molar-refractivity contribution in [1.29, 1.82) is 0 Å². The van der Waals surface area contributed by atoms with Gasteiger partial charge in [-0.1, -0.05) is 59.1 Å². The second-order valence-corrected chi connectivity index (χ2v) is 11.2. The fourth-order valence-corrected chi connectivity index (χ4v) is 5.92. The second-order valence-electron chi connectivity index (χ2n) is 11.2. The molecule has 1 unspecified atom stereocenters. The monoisotopic (exact) mass is 459 g/mol. The summed E-state index contributed by atoms with van der Waals surface area (Å²) in [7, 11) is 0. The summed E-state index contributed by atoms with van der Waals surface area (Å²) in [6.45, 7) is 8.65. The Kier molecular flexibility index (Phi) is 6.65. The average molecular weight is 460 g/mol. The van der Waals surface area contributed by atoms with Crippen molar-refractivity contribution in [1.82, 2.24) is 4.98 Å². The molecule has 4 rings (SSSR count). The van der Waals surface area contributed by atoms with Crippen LogP contribution in [0.4, 0.5) is 13.2 Å². The Morgan fingerprint density at radius 1 is 1.03 bits per heavy atom. The van der Waals surface area contributed by atoms with E-state index in [4.69, 9.17) is 4.98 Å². The molecule has 1 heterocycles. The molecule has 0 saturated heterocycles. The highest BCUT2D eigenvalue weighted by Crippen LogP contribution is 2.48. The number of aromatic nitrogens is 1. The molecule has 1 saturated carbocycles. The zero-order chi connectivity index (χ0) is 24.0. The van der Waals surface area contributed by atoms with Crippen LogP contribution in [0.3, 0.4) is 0 Å². The smallest absolute Gasteiger partial charge is 0.388 e. The zero-order valence-electron chi connectivity index (χ0n) is 20.2. The number of hydrogen-bond acceptors (Lipinski definition) is 2. The van der Waals surface area contributed by atoms with Crippen LogP contribution in [0.1, 0.15) is 123 Å². The van der Waals surface area contributed by atoms with E-state index < -0.39 is 17.8 Å². The van der Waals surface area contributed by atoms with Crippen molar-refractivity contribution in [3.63, 3.8) is 0 Å². The first-order valence-electron chi connectivity index (χ1n) is 12.4. The number of fused-ring (bicyclic) bond motifs is 1. The topological polar surface area (TPSA) is 33.1 Å². The van der Waals surface area contributed by atoms with E-state index in [2.05, 4.69) is 27.7 Å². The van der Waals surface area contributed by atoms with Gasteiger partial charge in [0.05, 0.1) is 11.7 Å². The van der Waals surface area contributed by atoms with Crippen LogP contribution in [0.15, 0.2) is 24.3 Å². The quantitative estimate of drug-likeness (QED) is 0.505. The van der Waals surface area contributed by atoms with Gasteiger partial charge in [0.25, 0.3) is 0 Å². The largest absolute Gasteiger partial charge is 0.416 e. The molecule has 33 heavy (non-hydrogen) atoms. The molecule has 1 aromatic heterocycles. The molecule has 0 spiro atoms. The molecule has 0 radical (unpaired) electrons. The maximum atomic E-state index is 13.1. The summed E-state index contributed by atoms with van der Waals surface area (Å²) in [5.74, 6) is 0.581. The lowest BCUT2D eigenvalue weighted by Crippen LogP contribution is -2.30. The number of hydrogen-bond donors (Lipinski definition) is 1. The van der Waals surface area contributed by atoms with Crippen molar-refractivity contribution in [2.75, 3.05) is 0 Å². The number of nitrogens with zero attached hydrogens (tertiary/aromatic N) is 1. The van der Waals surface area contributed by atoms with Crippen molar-refractivity contribution in [2.24, 2.45) is 5.41 Å². The van der Waals surface area contributed by atoms with Crippen molar-refractivity contribution >= 4 is 0 Å². The summed E-state index contributed by atoms with van der Waals surface area (Å²) in [6.07, 6.45) is 3.04. The van der Waals surface area contributed by atoms with E-state index in [9.17, 15) is 18.3 Å². The van der Waals surface area contributed by atoms with E-state index >= 15 is 0 Å². The number of rotatable bonds is 4. The van der Waals surface area contributed by atoms with Crippen LogP contribution in [-0.4, -0.2) is 10.1 Å². The van der Waals surface area contributed by atoms with Gasteiger partial charge in [0.1, 0.15) is 0 Å². The molecule has 2 aliphatic carbocycles. The molecule has 1 fully saturated rings. The maximum Gasteiger partial charge on any atom is 0.416 e. The number of alkyl halides is 3. The Hall–Kier alpha value is -1.88. The van der Waals surface area contributed by atoms with E-state index in [-0.39, 0.29) is 11.3 Å². The fraction of sp³-hybridized carbons (Fsp3) is 0.607. The first-order chi connectivity index (χ1) is 15.5. The lowest BCUT2D eigenvalue weighted by Gasteiger charge is -2.39. The zero-order valence-corrected chi connectivity index (χ0v) is 20.2. The average Bonchev–Trinajstić information content (AvgIpc) is 2.73. The minimum Gasteiger partial charge on any atom is -0.388 e. The number of aliphatic hydroxyl groups excluding tert-OH is 1. The molecule has 0 bridgehead atoms. The third-order valence-electron chi connectivity index (χ3n) is 7.44. The van der Waals surface area contributed by atoms with Gasteiger partial charge in [0.2, 0.25) is 0 Å². The maximum absolute atomic E-state index is 13.1. The van der Waals surface area contributed by atoms with Gasteiger partial charge in [0, 0.05) is 17.0 Å². The van der Waals surface area contributed by atoms with Gasteiger partial charge in [-0.2, -0.15) is 13.2 Å². The molecule has 0 aliphatic heterocycles. The Balaban J connectivity index is 1.86. The van der Waals surface area contributed by atoms with Crippen LogP contribution in [0.5, 0.6) is 0 Å². The minimum atomic E-state index is -4.33. The van der Waals surface area contributed by atoms with Gasteiger partial charge in [-0.15, -0.1) is 0 Å². The molecule has 2 aromatic rings. The van der Waals surface area contributed by atoms with E-state index in [1.54, 1.807) is 12.1 Å². The molecule has 2 aliphatic rings. The number of pyridine rings is 1. The van der Waals surface area contributed by atoms with Crippen LogP contribution in [-0.2, 0) is 19.0 Å². The Bertz CT molecular complexity index is 986. The Morgan fingerprint density at radius 2 is 1.67 bits per heavy atom. The molecule has 5 heteroatoms. The fourth-order valence-electron chi connectivity index (χ4n) is 5.92. The van der Waals surface area contributed by atoms with Gasteiger partial charge in [-0.25, -0.2) is 0 Å². The summed E-state index contributed by atoms with van der Waals surface area (Å²) >= 11 is 0. The predicted molar refractivity (Wildman–Crippen MR) is 125 cm³/mol. The summed E-state index contributed by atoms with van der Waals surface area (Å²) in [5, 5.41) is 11.3. The van der Waals surface area contributed by atoms with Crippen LogP contribution in [0, 0.1) is 5.41 Å². The van der Waals surface area contributed by atoms with Crippen LogP contribution in [0.2, 0.25) is 0 Å². The molecule has 180 valence electrons. The number of benzene rings is 1. The summed E-state index contributed by atoms with van der Waals surface area (Å²) in [6, 6.07) is 5.54. The van der Waals surface area contributed by atoms with Crippen LogP contribution in [0.25, 0.3) is 0 Å². The molecule has 1 aromatic carbocycles. The molecule has 1 N–H and O–H groups in total. The molecule has 0 amide bonds. The predicted octanol–water partition coefficient (Wildman–Crippen LogP) is 7.87. The lowest BCUT2D eigenvalue weighted by atomic mass is 9.69. The van der Waals surface area contributed by atoms with E-state index in [0.717, 1.165) is 47.3 Å². The molecule has 1 atom stereocenters. The van der Waals surface area contributed by atoms with E-state index in [1.165, 1.54) is 37.0 Å². The standard InChI is InChI=1S/C28H36F3NO/c1-17(2)26-21(14-18-10-12-20(13-11-18)28(29,30)31)24(19-8-6-5-7-9-19)25-22(32-26)15-27(3,4)16-23(25)33/h10-13,17,19,23,33H,5-9,14-16H2,1-4H3. The van der Waals surface area contributed by atoms with Crippen molar-refractivity contribution < 1.29 is 18.3 Å². The Labute approximate surface area is 195 Å². The molecular formula is C28H36F3NO. The highest BCUT2D eigenvalue weighted by atomic mass is 19.4. The summed E-state index contributed by atoms with van der Waals surface area (Å²) in [4.78, 5) is 5.13. The first kappa shape index (κ1) is 24.3. The highest BCUT2D eigenvalue weighted by molar-refractivity contribution is 5.49. The molecular weight excluding hydrogens is 423 g/mol. The Morgan fingerprint density at radius 3 is 2.24 bits per heavy atom. The van der Waals surface area contributed by atoms with Crippen molar-refractivity contribution in [3.05, 3.63) is 63.5 Å². The van der Waals surface area contributed by atoms with Crippen LogP contribution >= 0.6 is 0 Å². The first-order valence-corrected chi connectivity index (χ1v) is 12.4. The second kappa shape index (κ2) is 9.05. The van der Waals surface area contributed by atoms with Crippen LogP contribution < -0.4 is 0 Å². The summed E-state index contributed by atoms with van der Waals surface area (Å²) < 4.78 is 39.2. The normalized spacial score (nSPS) is 21.3. The van der Waals surface area contributed by atoms with Crippen molar-refractivity contribution in [3.8, 4) is 0 Å². The van der Waals surface area contributed by atoms with Gasteiger partial charge < -0.3 is 5.11 Å². The van der Waals surface area contributed by atoms with E-state index in [1.807, 2.05) is 0 Å². The van der Waals surface area contributed by atoms with Gasteiger partial charge in [-0.05, 0) is 78.2 Å². The minimum absolute atomic E-state index is 0.00750. The van der Waals surface area contributed by atoms with Gasteiger partial charge in [0.15, 0.2) is 0 Å². The lowest BCUT2D eigenvalue weighted by molar-refractivity contribution is -0.137. The molecule has 2 nitrogen and oxygen atoms in total. The third kappa shape index (κ3) is 5.13. The SMILES string of the molecule is CC(C)c1nc2c(c(C3CCCCC3)c1Cc1ccc(C(F)(F)F)cc1)C(O)CC(C)(C)C2. The van der Waals surface area contributed by atoms with Crippen molar-refractivity contribution in [2.45, 2.75) is 103 Å². The summed E-state index contributed by atoms with van der Waals surface area (Å²) in [5.41, 5.74) is 5.71. The third-order valence-corrected chi connectivity index (χ3v) is 7.44. The number of aliphatic hydroxyl groups is 1. The number of halogens is 3. The van der Waals surface area contributed by atoms with E-state index in [0.29, 0.717) is 18.8 Å². The van der Waals surface area contributed by atoms with Gasteiger partial charge in [-0.3, -0.25) is 4.98 Å².